The van der Waals surface area contributed by atoms with Crippen LogP contribution in [0.25, 0.3) is 0 Å². The lowest BCUT2D eigenvalue weighted by Crippen LogP contribution is -2.46. The summed E-state index contributed by atoms with van der Waals surface area (Å²) in [6.07, 6.45) is 3.08. The number of Topliss-reactive ketones (excluding diaryl/α,β-unsaturated/α-hetero) is 2. The van der Waals surface area contributed by atoms with Crippen LogP contribution in [-0.4, -0.2) is 36.6 Å². The number of aromatic nitrogens is 1. The second kappa shape index (κ2) is 5.44. The van der Waals surface area contributed by atoms with E-state index in [9.17, 15) is 9.59 Å². The Morgan fingerprint density at radius 2 is 1.73 bits per heavy atom. The maximum Gasteiger partial charge on any atom is 0.247 e. The third kappa shape index (κ3) is 1.90. The van der Waals surface area contributed by atoms with Crippen molar-refractivity contribution in [3.8, 4) is 0 Å². The molecule has 1 heterocycles. The molecule has 0 N–H and O–H groups in total. The Bertz CT molecular complexity index is 722. The zero-order valence-electron chi connectivity index (χ0n) is 12.3. The smallest absolute Gasteiger partial charge is 0.247 e. The third-order valence-electron chi connectivity index (χ3n) is 4.05. The van der Waals surface area contributed by atoms with Gasteiger partial charge in [-0.25, -0.2) is 0 Å². The highest BCUT2D eigenvalue weighted by molar-refractivity contribution is 6.15. The first-order chi connectivity index (χ1) is 10.7. The Kier molecular flexibility index (Phi) is 3.60. The number of rotatable bonds is 4. The second-order valence-electron chi connectivity index (χ2n) is 5.03. The first-order valence-corrected chi connectivity index (χ1v) is 6.84. The average Bonchev–Trinajstić information content (AvgIpc) is 2.84. The molecule has 1 unspecified atom stereocenters. The highest BCUT2D eigenvalue weighted by Crippen LogP contribution is 2.45. The van der Waals surface area contributed by atoms with Crippen molar-refractivity contribution in [3.63, 3.8) is 0 Å². The van der Waals surface area contributed by atoms with E-state index in [0.717, 1.165) is 0 Å². The zero-order chi connectivity index (χ0) is 15.7. The Labute approximate surface area is 127 Å². The normalized spacial score (nSPS) is 19.0. The molecular formula is C17H15NO4. The summed E-state index contributed by atoms with van der Waals surface area (Å²) >= 11 is 0. The molecule has 0 spiro atoms. The van der Waals surface area contributed by atoms with Crippen molar-refractivity contribution in [2.75, 3.05) is 14.2 Å². The van der Waals surface area contributed by atoms with Crippen LogP contribution in [0.4, 0.5) is 0 Å². The minimum Gasteiger partial charge on any atom is -0.346 e. The minimum atomic E-state index is -1.62. The van der Waals surface area contributed by atoms with Gasteiger partial charge in [0.15, 0.2) is 5.78 Å². The molecule has 2 aromatic rings. The average molecular weight is 297 g/mol. The standard InChI is InChI=1S/C17H15NO4/c1-21-17(22-2)14(15(19)11-7-9-18-10-8-11)12-5-3-4-6-13(12)16(17)20/h3-10,14H,1-2H3. The molecule has 1 aromatic carbocycles. The molecular weight excluding hydrogens is 282 g/mol. The van der Waals surface area contributed by atoms with Gasteiger partial charge >= 0.3 is 0 Å². The van der Waals surface area contributed by atoms with Crippen molar-refractivity contribution >= 4 is 11.6 Å². The molecule has 5 heteroatoms. The Hall–Kier alpha value is -2.37. The van der Waals surface area contributed by atoms with Crippen molar-refractivity contribution < 1.29 is 19.1 Å². The maximum atomic E-state index is 12.9. The molecule has 22 heavy (non-hydrogen) atoms. The van der Waals surface area contributed by atoms with Gasteiger partial charge in [-0.1, -0.05) is 24.3 Å². The van der Waals surface area contributed by atoms with Crippen molar-refractivity contribution in [1.29, 1.82) is 0 Å². The number of methoxy groups -OCH3 is 2. The second-order valence-corrected chi connectivity index (χ2v) is 5.03. The van der Waals surface area contributed by atoms with Crippen molar-refractivity contribution in [2.24, 2.45) is 0 Å². The topological polar surface area (TPSA) is 65.5 Å². The number of carbonyl (C=O) groups excluding carboxylic acids is 2. The third-order valence-corrected chi connectivity index (χ3v) is 4.05. The monoisotopic (exact) mass is 297 g/mol. The first-order valence-electron chi connectivity index (χ1n) is 6.84. The predicted octanol–water partition coefficient (Wildman–Crippen LogP) is 2.23. The predicted molar refractivity (Wildman–Crippen MR) is 78.8 cm³/mol. The lowest BCUT2D eigenvalue weighted by molar-refractivity contribution is -0.172. The lowest BCUT2D eigenvalue weighted by Gasteiger charge is -2.30. The van der Waals surface area contributed by atoms with Gasteiger partial charge in [-0.2, -0.15) is 0 Å². The van der Waals surface area contributed by atoms with E-state index < -0.39 is 11.7 Å². The van der Waals surface area contributed by atoms with Crippen LogP contribution in [0.15, 0.2) is 48.8 Å². The van der Waals surface area contributed by atoms with Gasteiger partial charge in [-0.3, -0.25) is 14.6 Å². The van der Waals surface area contributed by atoms with E-state index >= 15 is 0 Å². The van der Waals surface area contributed by atoms with E-state index in [1.54, 1.807) is 36.4 Å². The summed E-state index contributed by atoms with van der Waals surface area (Å²) in [6.45, 7) is 0. The van der Waals surface area contributed by atoms with Gasteiger partial charge in [0.1, 0.15) is 5.92 Å². The molecule has 0 radical (unpaired) electrons. The summed E-state index contributed by atoms with van der Waals surface area (Å²) in [5, 5.41) is 0. The number of ether oxygens (including phenoxy) is 2. The summed E-state index contributed by atoms with van der Waals surface area (Å²) in [4.78, 5) is 29.6. The van der Waals surface area contributed by atoms with Crippen LogP contribution >= 0.6 is 0 Å². The highest BCUT2D eigenvalue weighted by atomic mass is 16.7. The molecule has 0 aliphatic heterocycles. The van der Waals surface area contributed by atoms with Crippen molar-refractivity contribution in [3.05, 3.63) is 65.5 Å². The highest BCUT2D eigenvalue weighted by Gasteiger charge is 2.57. The quantitative estimate of drug-likeness (QED) is 0.639. The summed E-state index contributed by atoms with van der Waals surface area (Å²) in [7, 11) is 2.75. The van der Waals surface area contributed by atoms with E-state index in [4.69, 9.17) is 9.47 Å². The number of nitrogens with zero attached hydrogens (tertiary/aromatic N) is 1. The molecule has 0 saturated heterocycles. The number of hydrogen-bond acceptors (Lipinski definition) is 5. The number of benzene rings is 1. The number of ketones is 2. The molecule has 1 aliphatic carbocycles. The Morgan fingerprint density at radius 1 is 1.09 bits per heavy atom. The van der Waals surface area contributed by atoms with E-state index in [0.29, 0.717) is 16.7 Å². The van der Waals surface area contributed by atoms with E-state index in [-0.39, 0.29) is 11.6 Å². The fourth-order valence-electron chi connectivity index (χ4n) is 2.98. The first kappa shape index (κ1) is 14.6. The van der Waals surface area contributed by atoms with Crippen LogP contribution in [0.5, 0.6) is 0 Å². The van der Waals surface area contributed by atoms with Gasteiger partial charge in [0.25, 0.3) is 0 Å². The van der Waals surface area contributed by atoms with Crippen LogP contribution in [0, 0.1) is 0 Å². The number of hydrogen-bond donors (Lipinski definition) is 0. The van der Waals surface area contributed by atoms with Gasteiger partial charge < -0.3 is 9.47 Å². The van der Waals surface area contributed by atoms with Crippen LogP contribution in [0.1, 0.15) is 32.2 Å². The maximum absolute atomic E-state index is 12.9. The molecule has 1 aromatic heterocycles. The Balaban J connectivity index is 2.18. The fraction of sp³-hybridized carbons (Fsp3) is 0.235. The molecule has 0 fully saturated rings. The van der Waals surface area contributed by atoms with Crippen LogP contribution in [0.3, 0.4) is 0 Å². The molecule has 0 bridgehead atoms. The number of fused-ring (bicyclic) bond motifs is 1. The van der Waals surface area contributed by atoms with Crippen molar-refractivity contribution in [2.45, 2.75) is 11.7 Å². The molecule has 112 valence electrons. The van der Waals surface area contributed by atoms with Crippen LogP contribution in [-0.2, 0) is 9.47 Å². The molecule has 0 saturated carbocycles. The lowest BCUT2D eigenvalue weighted by atomic mass is 9.88. The fourth-order valence-corrected chi connectivity index (χ4v) is 2.98. The van der Waals surface area contributed by atoms with E-state index in [1.165, 1.54) is 26.6 Å². The molecule has 0 amide bonds. The summed E-state index contributed by atoms with van der Waals surface area (Å²) < 4.78 is 10.8. The van der Waals surface area contributed by atoms with Gasteiger partial charge in [-0.05, 0) is 17.7 Å². The largest absolute Gasteiger partial charge is 0.346 e. The van der Waals surface area contributed by atoms with Gasteiger partial charge in [-0.15, -0.1) is 0 Å². The van der Waals surface area contributed by atoms with Gasteiger partial charge in [0.05, 0.1) is 0 Å². The summed E-state index contributed by atoms with van der Waals surface area (Å²) in [6, 6.07) is 10.2. The minimum absolute atomic E-state index is 0.232. The van der Waals surface area contributed by atoms with E-state index in [1.807, 2.05) is 0 Å². The van der Waals surface area contributed by atoms with Crippen LogP contribution in [0.2, 0.25) is 0 Å². The number of carbonyl (C=O) groups is 2. The van der Waals surface area contributed by atoms with Crippen molar-refractivity contribution in [1.82, 2.24) is 4.98 Å². The SMILES string of the molecule is COC1(OC)C(=O)c2ccccc2C1C(=O)c1ccncc1. The molecule has 3 rings (SSSR count). The summed E-state index contributed by atoms with van der Waals surface area (Å²) in [5.74, 6) is -3.03. The molecule has 1 atom stereocenters. The zero-order valence-corrected chi connectivity index (χ0v) is 12.3. The summed E-state index contributed by atoms with van der Waals surface area (Å²) in [5.41, 5.74) is 1.54. The number of pyridine rings is 1. The Morgan fingerprint density at radius 3 is 2.36 bits per heavy atom. The molecule has 1 aliphatic rings. The van der Waals surface area contributed by atoms with E-state index in [2.05, 4.69) is 4.98 Å². The van der Waals surface area contributed by atoms with Gasteiger partial charge in [0, 0.05) is 37.7 Å². The van der Waals surface area contributed by atoms with Gasteiger partial charge in [0.2, 0.25) is 11.6 Å². The van der Waals surface area contributed by atoms with Crippen LogP contribution < -0.4 is 0 Å². The molecule has 5 nitrogen and oxygen atoms in total.